The maximum Gasteiger partial charge on any atom is 0.234 e. The van der Waals surface area contributed by atoms with Crippen LogP contribution in [0.2, 0.25) is 0 Å². The molecule has 1 aliphatic heterocycles. The summed E-state index contributed by atoms with van der Waals surface area (Å²) in [5.74, 6) is 1.17. The Morgan fingerprint density at radius 1 is 1.45 bits per heavy atom. The summed E-state index contributed by atoms with van der Waals surface area (Å²) in [6.07, 6.45) is 4.28. The minimum absolute atomic E-state index is 0.289. The molecule has 6 nitrogen and oxygen atoms in total. The average molecular weight is 293 g/mol. The number of hydrogen-bond acceptors (Lipinski definition) is 5. The van der Waals surface area contributed by atoms with Crippen LogP contribution in [0.4, 0.5) is 0 Å². The van der Waals surface area contributed by atoms with Gasteiger partial charge in [0.1, 0.15) is 11.3 Å². The highest BCUT2D eigenvalue weighted by atomic mass is 32.1. The van der Waals surface area contributed by atoms with Crippen LogP contribution in [0.5, 0.6) is 0 Å². The summed E-state index contributed by atoms with van der Waals surface area (Å²) in [5, 5.41) is 13.5. The molecule has 3 heterocycles. The van der Waals surface area contributed by atoms with Crippen molar-refractivity contribution >= 4 is 22.2 Å². The molecule has 0 aromatic carbocycles. The van der Waals surface area contributed by atoms with Crippen LogP contribution >= 0.6 is 11.3 Å². The molecule has 0 radical (unpaired) electrons. The lowest BCUT2D eigenvalue weighted by molar-refractivity contribution is -0.133. The van der Waals surface area contributed by atoms with Gasteiger partial charge in [0.25, 0.3) is 0 Å². The van der Waals surface area contributed by atoms with Gasteiger partial charge in [0.05, 0.1) is 0 Å². The van der Waals surface area contributed by atoms with Crippen molar-refractivity contribution in [3.63, 3.8) is 0 Å². The van der Waals surface area contributed by atoms with Crippen molar-refractivity contribution in [1.29, 1.82) is 0 Å². The Balaban J connectivity index is 1.61. The standard InChI is InChI=1S/C13H19N5OS/c1-9(2)7-11(19)17-5-3-10(4-6-17)12-16-18-8-14-15-13(18)20-12/h8-10H,3-7H2,1-2H3. The van der Waals surface area contributed by atoms with Gasteiger partial charge in [-0.15, -0.1) is 10.2 Å². The van der Waals surface area contributed by atoms with Gasteiger partial charge in [-0.25, -0.2) is 0 Å². The summed E-state index contributed by atoms with van der Waals surface area (Å²) >= 11 is 1.61. The van der Waals surface area contributed by atoms with E-state index in [1.54, 1.807) is 22.2 Å². The Labute approximate surface area is 121 Å². The second kappa shape index (κ2) is 5.47. The van der Waals surface area contributed by atoms with Crippen molar-refractivity contribution < 1.29 is 4.79 Å². The molecule has 0 unspecified atom stereocenters. The van der Waals surface area contributed by atoms with Crippen molar-refractivity contribution in [3.8, 4) is 0 Å². The first kappa shape index (κ1) is 13.5. The molecule has 0 atom stereocenters. The Morgan fingerprint density at radius 3 is 2.85 bits per heavy atom. The van der Waals surface area contributed by atoms with E-state index in [9.17, 15) is 4.79 Å². The molecule has 2 aromatic rings. The molecule has 1 saturated heterocycles. The number of carbonyl (C=O) groups is 1. The zero-order chi connectivity index (χ0) is 14.1. The number of piperidine rings is 1. The number of hydrogen-bond donors (Lipinski definition) is 0. The van der Waals surface area contributed by atoms with Gasteiger partial charge in [-0.3, -0.25) is 4.79 Å². The van der Waals surface area contributed by atoms with Crippen LogP contribution in [0, 0.1) is 5.92 Å². The fourth-order valence-electron chi connectivity index (χ4n) is 2.59. The third-order valence-electron chi connectivity index (χ3n) is 3.68. The van der Waals surface area contributed by atoms with Crippen LogP contribution < -0.4 is 0 Å². The van der Waals surface area contributed by atoms with Gasteiger partial charge in [-0.05, 0) is 18.8 Å². The molecule has 0 saturated carbocycles. The van der Waals surface area contributed by atoms with E-state index >= 15 is 0 Å². The number of likely N-dealkylation sites (tertiary alicyclic amines) is 1. The van der Waals surface area contributed by atoms with E-state index in [2.05, 4.69) is 29.1 Å². The third kappa shape index (κ3) is 2.67. The normalized spacial score (nSPS) is 17.2. The summed E-state index contributed by atoms with van der Waals surface area (Å²) < 4.78 is 1.73. The fraction of sp³-hybridized carbons (Fsp3) is 0.692. The van der Waals surface area contributed by atoms with E-state index in [0.29, 0.717) is 18.3 Å². The number of fused-ring (bicyclic) bond motifs is 1. The van der Waals surface area contributed by atoms with Gasteiger partial charge in [0, 0.05) is 25.4 Å². The van der Waals surface area contributed by atoms with Crippen LogP contribution in [-0.2, 0) is 4.79 Å². The number of amides is 1. The van der Waals surface area contributed by atoms with E-state index in [1.165, 1.54) is 0 Å². The van der Waals surface area contributed by atoms with Crippen LogP contribution in [-0.4, -0.2) is 43.7 Å². The highest BCUT2D eigenvalue weighted by Gasteiger charge is 2.26. The highest BCUT2D eigenvalue weighted by Crippen LogP contribution is 2.31. The largest absolute Gasteiger partial charge is 0.343 e. The third-order valence-corrected chi connectivity index (χ3v) is 4.76. The molecule has 0 spiro atoms. The molecule has 1 fully saturated rings. The van der Waals surface area contributed by atoms with Gasteiger partial charge < -0.3 is 4.90 Å². The maximum atomic E-state index is 12.0. The first-order valence-electron chi connectivity index (χ1n) is 7.08. The quantitative estimate of drug-likeness (QED) is 0.867. The number of nitrogens with zero attached hydrogens (tertiary/aromatic N) is 5. The molecule has 0 N–H and O–H groups in total. The molecule has 2 aromatic heterocycles. The smallest absolute Gasteiger partial charge is 0.234 e. The summed E-state index contributed by atoms with van der Waals surface area (Å²) in [7, 11) is 0. The second-order valence-electron chi connectivity index (χ2n) is 5.75. The van der Waals surface area contributed by atoms with E-state index in [1.807, 2.05) is 4.90 Å². The summed E-state index contributed by atoms with van der Waals surface area (Å²) in [5.41, 5.74) is 0. The summed E-state index contributed by atoms with van der Waals surface area (Å²) in [6.45, 7) is 5.86. The van der Waals surface area contributed by atoms with Gasteiger partial charge in [0.2, 0.25) is 10.9 Å². The second-order valence-corrected chi connectivity index (χ2v) is 6.74. The van der Waals surface area contributed by atoms with E-state index < -0.39 is 0 Å². The lowest BCUT2D eigenvalue weighted by Crippen LogP contribution is -2.38. The monoisotopic (exact) mass is 293 g/mol. The predicted molar refractivity (Wildman–Crippen MR) is 76.7 cm³/mol. The molecule has 7 heteroatoms. The zero-order valence-electron chi connectivity index (χ0n) is 11.8. The van der Waals surface area contributed by atoms with Crippen molar-refractivity contribution in [3.05, 3.63) is 11.3 Å². The summed E-state index contributed by atoms with van der Waals surface area (Å²) in [6, 6.07) is 0. The average Bonchev–Trinajstić information content (AvgIpc) is 2.98. The number of carbonyl (C=O) groups excluding carboxylic acids is 1. The minimum Gasteiger partial charge on any atom is -0.343 e. The Bertz CT molecular complexity index is 568. The zero-order valence-corrected chi connectivity index (χ0v) is 12.6. The van der Waals surface area contributed by atoms with Crippen LogP contribution in [0.3, 0.4) is 0 Å². The molecular weight excluding hydrogens is 274 g/mol. The number of aromatic nitrogens is 4. The summed E-state index contributed by atoms with van der Waals surface area (Å²) in [4.78, 5) is 14.9. The van der Waals surface area contributed by atoms with E-state index in [4.69, 9.17) is 0 Å². The molecule has 108 valence electrons. The maximum absolute atomic E-state index is 12.0. The van der Waals surface area contributed by atoms with Crippen molar-refractivity contribution in [2.75, 3.05) is 13.1 Å². The Hall–Kier alpha value is -1.50. The fourth-order valence-corrected chi connectivity index (χ4v) is 3.58. The topological polar surface area (TPSA) is 63.4 Å². The number of rotatable bonds is 3. The van der Waals surface area contributed by atoms with Gasteiger partial charge >= 0.3 is 0 Å². The Kier molecular flexibility index (Phi) is 3.69. The molecule has 3 rings (SSSR count). The van der Waals surface area contributed by atoms with Crippen molar-refractivity contribution in [2.24, 2.45) is 5.92 Å². The highest BCUT2D eigenvalue weighted by molar-refractivity contribution is 7.16. The van der Waals surface area contributed by atoms with Crippen LogP contribution in [0.15, 0.2) is 6.33 Å². The molecule has 0 bridgehead atoms. The van der Waals surface area contributed by atoms with Crippen molar-refractivity contribution in [1.82, 2.24) is 24.7 Å². The molecular formula is C13H19N5OS. The van der Waals surface area contributed by atoms with Crippen LogP contribution in [0.25, 0.3) is 4.96 Å². The minimum atomic E-state index is 0.289. The molecule has 1 aliphatic rings. The SMILES string of the molecule is CC(C)CC(=O)N1CCC(c2nn3cnnc3s2)CC1. The van der Waals surface area contributed by atoms with Gasteiger partial charge in [-0.2, -0.15) is 9.61 Å². The predicted octanol–water partition coefficient (Wildman–Crippen LogP) is 1.94. The molecule has 0 aliphatic carbocycles. The molecule has 20 heavy (non-hydrogen) atoms. The molecule has 1 amide bonds. The Morgan fingerprint density at radius 2 is 2.20 bits per heavy atom. The van der Waals surface area contributed by atoms with Crippen LogP contribution in [0.1, 0.15) is 44.0 Å². The lowest BCUT2D eigenvalue weighted by Gasteiger charge is -2.31. The van der Waals surface area contributed by atoms with Gasteiger partial charge in [0.15, 0.2) is 0 Å². The van der Waals surface area contributed by atoms with E-state index in [0.717, 1.165) is 35.9 Å². The first-order valence-corrected chi connectivity index (χ1v) is 7.89. The van der Waals surface area contributed by atoms with Gasteiger partial charge in [-0.1, -0.05) is 25.2 Å². The van der Waals surface area contributed by atoms with E-state index in [-0.39, 0.29) is 5.91 Å². The first-order chi connectivity index (χ1) is 9.63. The van der Waals surface area contributed by atoms with Crippen molar-refractivity contribution in [2.45, 2.75) is 39.0 Å². The lowest BCUT2D eigenvalue weighted by atomic mass is 9.97.